The van der Waals surface area contributed by atoms with Gasteiger partial charge in [0.05, 0.1) is 23.6 Å². The molecule has 0 aromatic rings. The summed E-state index contributed by atoms with van der Waals surface area (Å²) in [5.41, 5.74) is 6.42. The molecule has 2 amide bonds. The van der Waals surface area contributed by atoms with Crippen LogP contribution in [0.1, 0.15) is 40.5 Å². The number of aliphatic hydroxyl groups excluding tert-OH is 1. The number of carbonyl (C=O) groups is 4. The second-order valence-electron chi connectivity index (χ2n) is 10.6. The molecule has 0 aromatic heterocycles. The summed E-state index contributed by atoms with van der Waals surface area (Å²) in [6.45, 7) is 10.9. The lowest BCUT2D eigenvalue weighted by atomic mass is 9.85. The molecule has 42 heavy (non-hydrogen) atoms. The summed E-state index contributed by atoms with van der Waals surface area (Å²) in [5, 5.41) is 16.7. The van der Waals surface area contributed by atoms with E-state index in [1.165, 1.54) is 20.3 Å². The van der Waals surface area contributed by atoms with Crippen LogP contribution in [0.5, 0.6) is 0 Å². The van der Waals surface area contributed by atoms with Crippen LogP contribution >= 0.6 is 0 Å². The van der Waals surface area contributed by atoms with E-state index in [2.05, 4.69) is 17.2 Å². The van der Waals surface area contributed by atoms with Gasteiger partial charge in [-0.15, -0.1) is 6.58 Å². The lowest BCUT2D eigenvalue weighted by Gasteiger charge is -2.30. The zero-order chi connectivity index (χ0) is 31.6. The third-order valence-electron chi connectivity index (χ3n) is 7.22. The van der Waals surface area contributed by atoms with Crippen LogP contribution in [0.4, 0.5) is 4.79 Å². The molecule has 0 saturated carbocycles. The van der Waals surface area contributed by atoms with Crippen LogP contribution in [-0.4, -0.2) is 73.9 Å². The molecule has 0 radical (unpaired) electrons. The average Bonchev–Trinajstić information content (AvgIpc) is 2.94. The first-order chi connectivity index (χ1) is 19.8. The van der Waals surface area contributed by atoms with Crippen LogP contribution in [0.25, 0.3) is 0 Å². The minimum absolute atomic E-state index is 0.132. The van der Waals surface area contributed by atoms with Crippen LogP contribution in [-0.2, 0) is 28.6 Å². The maximum absolute atomic E-state index is 13.5. The molecular weight excluding hydrogens is 542 g/mol. The highest BCUT2D eigenvalue weighted by Gasteiger charge is 2.33. The maximum atomic E-state index is 13.5. The molecule has 0 aromatic carbocycles. The number of nitrogens with one attached hydrogen (secondary N) is 2. The number of Topliss-reactive ketones (excluding diaryl/α,β-unsaturated/α-hetero) is 1. The molecule has 2 aliphatic rings. The number of hydrogen-bond acceptors (Lipinski definition) is 9. The summed E-state index contributed by atoms with van der Waals surface area (Å²) in [6, 6.07) is 0. The third kappa shape index (κ3) is 9.10. The number of fused-ring (bicyclic) bond motifs is 2. The number of carbonyl (C=O) groups excluding carboxylic acids is 4. The van der Waals surface area contributed by atoms with Crippen molar-refractivity contribution >= 4 is 23.6 Å². The molecule has 2 unspecified atom stereocenters. The summed E-state index contributed by atoms with van der Waals surface area (Å²) in [4.78, 5) is 51.3. The summed E-state index contributed by atoms with van der Waals surface area (Å²) in [5.74, 6) is -2.14. The van der Waals surface area contributed by atoms with Gasteiger partial charge in [0.15, 0.2) is 6.10 Å². The van der Waals surface area contributed by atoms with E-state index in [0.717, 1.165) is 6.08 Å². The fourth-order valence-electron chi connectivity index (χ4n) is 4.95. The molecule has 2 rings (SSSR count). The van der Waals surface area contributed by atoms with Crippen molar-refractivity contribution in [1.82, 2.24) is 10.6 Å². The lowest BCUT2D eigenvalue weighted by molar-refractivity contribution is -0.120. The number of rotatable bonds is 6. The summed E-state index contributed by atoms with van der Waals surface area (Å²) in [6.07, 6.45) is 5.34. The van der Waals surface area contributed by atoms with Gasteiger partial charge in [-0.3, -0.25) is 14.4 Å². The van der Waals surface area contributed by atoms with E-state index in [0.29, 0.717) is 12.0 Å². The highest BCUT2D eigenvalue weighted by molar-refractivity contribution is 6.23. The average molecular weight is 586 g/mol. The Hall–Kier alpha value is -3.80. The van der Waals surface area contributed by atoms with Gasteiger partial charge in [0.25, 0.3) is 5.91 Å². The Morgan fingerprint density at radius 3 is 2.50 bits per heavy atom. The van der Waals surface area contributed by atoms with Gasteiger partial charge in [0.1, 0.15) is 6.10 Å². The molecule has 5 N–H and O–H groups in total. The van der Waals surface area contributed by atoms with Crippen LogP contribution in [0.15, 0.2) is 71.1 Å². The van der Waals surface area contributed by atoms with Crippen LogP contribution in [0, 0.1) is 11.8 Å². The molecule has 0 fully saturated rings. The fraction of sp³-hybridized carbons (Fsp3) is 0.484. The highest BCUT2D eigenvalue weighted by Crippen LogP contribution is 2.28. The minimum atomic E-state index is -1.00. The van der Waals surface area contributed by atoms with Crippen molar-refractivity contribution in [3.8, 4) is 0 Å². The maximum Gasteiger partial charge on any atom is 0.405 e. The summed E-state index contributed by atoms with van der Waals surface area (Å²) in [7, 11) is 2.92. The molecule has 0 saturated heterocycles. The van der Waals surface area contributed by atoms with Crippen molar-refractivity contribution in [3.63, 3.8) is 0 Å². The first-order valence-corrected chi connectivity index (χ1v) is 13.8. The Balaban J connectivity index is 2.62. The van der Waals surface area contributed by atoms with Crippen molar-refractivity contribution < 1.29 is 38.5 Å². The van der Waals surface area contributed by atoms with Gasteiger partial charge in [-0.2, -0.15) is 0 Å². The van der Waals surface area contributed by atoms with Gasteiger partial charge in [-0.25, -0.2) is 4.79 Å². The largest absolute Gasteiger partial charge is 0.439 e. The molecule has 11 nitrogen and oxygen atoms in total. The van der Waals surface area contributed by atoms with E-state index in [1.807, 2.05) is 6.92 Å². The normalized spacial score (nSPS) is 31.6. The van der Waals surface area contributed by atoms with Crippen molar-refractivity contribution in [1.29, 1.82) is 0 Å². The Morgan fingerprint density at radius 2 is 1.90 bits per heavy atom. The van der Waals surface area contributed by atoms with Crippen LogP contribution < -0.4 is 16.4 Å². The van der Waals surface area contributed by atoms with Gasteiger partial charge in [-0.05, 0) is 38.2 Å². The third-order valence-corrected chi connectivity index (χ3v) is 7.22. The molecule has 230 valence electrons. The zero-order valence-corrected chi connectivity index (χ0v) is 25.1. The van der Waals surface area contributed by atoms with Crippen molar-refractivity contribution in [2.75, 3.05) is 20.8 Å². The number of ether oxygens (including phenoxy) is 3. The number of nitrogens with two attached hydrogens (primary N) is 1. The van der Waals surface area contributed by atoms with Crippen LogP contribution in [0.2, 0.25) is 0 Å². The van der Waals surface area contributed by atoms with E-state index in [9.17, 15) is 24.3 Å². The Kier molecular flexibility index (Phi) is 13.1. The Morgan fingerprint density at radius 1 is 1.21 bits per heavy atom. The van der Waals surface area contributed by atoms with Gasteiger partial charge in [-0.1, -0.05) is 44.2 Å². The minimum Gasteiger partial charge on any atom is -0.439 e. The topological polar surface area (TPSA) is 166 Å². The molecule has 1 aliphatic heterocycles. The van der Waals surface area contributed by atoms with Crippen molar-refractivity contribution in [3.05, 3.63) is 71.1 Å². The molecular formula is C31H43N3O8. The second kappa shape index (κ2) is 16.0. The Bertz CT molecular complexity index is 1210. The fourth-order valence-corrected chi connectivity index (χ4v) is 4.95. The number of aliphatic hydroxyl groups is 1. The standard InChI is InChI=1S/C31H43N3O8/c1-8-12-33-26-21-13-17(2)14-25(41-7)27(36)19(4)15-20(5)29(42-31(32)39)24(40-6)11-9-10-18(3)30(38)34-22(28(21)37)16-23(26)35/h8-11,15-17,19,24-25,27,29,33,36H,1,12-14H2,2-7H3,(H2,32,39)(H,34,38)/b11-9+,18-10+,20-15+/t17-,19+,24?,25?,27-,29+/m1/s1. The highest BCUT2D eigenvalue weighted by atomic mass is 16.6. The van der Waals surface area contributed by atoms with Gasteiger partial charge in [0, 0.05) is 43.9 Å². The predicted octanol–water partition coefficient (Wildman–Crippen LogP) is 2.54. The quantitative estimate of drug-likeness (QED) is 0.271. The Labute approximate surface area is 247 Å². The smallest absolute Gasteiger partial charge is 0.405 e. The van der Waals surface area contributed by atoms with Gasteiger partial charge < -0.3 is 35.7 Å². The molecule has 6 atom stereocenters. The lowest BCUT2D eigenvalue weighted by Crippen LogP contribution is -2.37. The van der Waals surface area contributed by atoms with Crippen molar-refractivity contribution in [2.45, 2.75) is 65.0 Å². The SMILES string of the molecule is C=CCNC1=C2C[C@@H](C)CC(OC)[C@H](O)[C@@H](C)/C=C(\C)[C@H](OC(N)=O)C(OC)/C=C/C=C(\C)C(=O)NC(=CC1=O)C2=O. The van der Waals surface area contributed by atoms with E-state index in [-0.39, 0.29) is 41.4 Å². The number of primary amides is 1. The number of allylic oxidation sites excluding steroid dienone is 4. The van der Waals surface area contributed by atoms with E-state index >= 15 is 0 Å². The number of ketones is 2. The first-order valence-electron chi connectivity index (χ1n) is 13.8. The molecule has 1 aliphatic carbocycles. The van der Waals surface area contributed by atoms with Gasteiger partial charge >= 0.3 is 6.09 Å². The van der Waals surface area contributed by atoms with E-state index in [4.69, 9.17) is 19.9 Å². The number of hydrogen-bond donors (Lipinski definition) is 4. The molecule has 1 heterocycles. The number of methoxy groups -OCH3 is 2. The second-order valence-corrected chi connectivity index (χ2v) is 10.6. The van der Waals surface area contributed by atoms with Crippen molar-refractivity contribution in [2.24, 2.45) is 17.6 Å². The number of amides is 2. The van der Waals surface area contributed by atoms with Crippen LogP contribution in [0.3, 0.4) is 0 Å². The van der Waals surface area contributed by atoms with Gasteiger partial charge in [0.2, 0.25) is 11.6 Å². The predicted molar refractivity (Wildman–Crippen MR) is 158 cm³/mol. The first kappa shape index (κ1) is 34.4. The zero-order valence-electron chi connectivity index (χ0n) is 25.1. The summed E-state index contributed by atoms with van der Waals surface area (Å²) >= 11 is 0. The molecule has 2 bridgehead atoms. The molecule has 0 spiro atoms. The van der Waals surface area contributed by atoms with E-state index < -0.39 is 53.9 Å². The monoisotopic (exact) mass is 585 g/mol. The summed E-state index contributed by atoms with van der Waals surface area (Å²) < 4.78 is 16.6. The van der Waals surface area contributed by atoms with E-state index in [1.54, 1.807) is 45.1 Å². The molecule has 11 heteroatoms.